The highest BCUT2D eigenvalue weighted by atomic mass is 32.2. The molecule has 1 aliphatic heterocycles. The maximum atomic E-state index is 11.9. The van der Waals surface area contributed by atoms with Crippen molar-refractivity contribution in [2.24, 2.45) is 11.7 Å². The van der Waals surface area contributed by atoms with E-state index in [1.54, 1.807) is 11.8 Å². The number of nitrogens with two attached hydrogens (primary N) is 1. The zero-order chi connectivity index (χ0) is 14.0. The molecule has 0 radical (unpaired) electrons. The molecule has 1 heterocycles. The molecule has 4 unspecified atom stereocenters. The molecule has 6 heteroatoms. The Morgan fingerprint density at radius 1 is 1.63 bits per heavy atom. The van der Waals surface area contributed by atoms with Gasteiger partial charge in [-0.25, -0.2) is 0 Å². The van der Waals surface area contributed by atoms with Gasteiger partial charge in [-0.1, -0.05) is 6.92 Å². The van der Waals surface area contributed by atoms with E-state index in [1.165, 1.54) is 0 Å². The molecule has 5 nitrogen and oxygen atoms in total. The third-order valence-electron chi connectivity index (χ3n) is 3.94. The Morgan fingerprint density at radius 2 is 2.32 bits per heavy atom. The second kappa shape index (κ2) is 6.13. The van der Waals surface area contributed by atoms with Crippen molar-refractivity contribution >= 4 is 23.6 Å². The Bertz CT molecular complexity index is 364. The highest BCUT2D eigenvalue weighted by Gasteiger charge is 2.44. The van der Waals surface area contributed by atoms with Gasteiger partial charge in [0.2, 0.25) is 11.8 Å². The number of hydrogen-bond acceptors (Lipinski definition) is 4. The highest BCUT2D eigenvalue weighted by molar-refractivity contribution is 7.98. The van der Waals surface area contributed by atoms with Gasteiger partial charge in [0.25, 0.3) is 0 Å². The van der Waals surface area contributed by atoms with Crippen LogP contribution in [0, 0.1) is 5.92 Å². The Labute approximate surface area is 118 Å². The van der Waals surface area contributed by atoms with Crippen LogP contribution in [0.25, 0.3) is 0 Å². The van der Waals surface area contributed by atoms with Crippen molar-refractivity contribution in [2.75, 3.05) is 18.6 Å². The molecule has 0 aromatic heterocycles. The van der Waals surface area contributed by atoms with Crippen LogP contribution < -0.4 is 11.1 Å². The molecule has 0 aromatic carbocycles. The monoisotopic (exact) mass is 285 g/mol. The second-order valence-corrected chi connectivity index (χ2v) is 6.61. The van der Waals surface area contributed by atoms with Crippen LogP contribution in [-0.2, 0) is 9.59 Å². The molecule has 2 rings (SSSR count). The Balaban J connectivity index is 1.77. The summed E-state index contributed by atoms with van der Waals surface area (Å²) in [5.74, 6) is 1.53. The van der Waals surface area contributed by atoms with Crippen molar-refractivity contribution in [3.63, 3.8) is 0 Å². The van der Waals surface area contributed by atoms with Gasteiger partial charge in [-0.15, -0.1) is 0 Å². The molecule has 3 N–H and O–H groups in total. The van der Waals surface area contributed by atoms with Gasteiger partial charge in [-0.3, -0.25) is 9.59 Å². The zero-order valence-electron chi connectivity index (χ0n) is 11.6. The van der Waals surface area contributed by atoms with Gasteiger partial charge in [-0.2, -0.15) is 11.8 Å². The minimum Gasteiger partial charge on any atom is -0.350 e. The van der Waals surface area contributed by atoms with Crippen LogP contribution in [0.4, 0.5) is 0 Å². The molecule has 1 saturated carbocycles. The van der Waals surface area contributed by atoms with E-state index >= 15 is 0 Å². The molecule has 2 fully saturated rings. The van der Waals surface area contributed by atoms with Crippen LogP contribution >= 0.6 is 11.8 Å². The Kier molecular flexibility index (Phi) is 4.73. The fourth-order valence-corrected chi connectivity index (χ4v) is 3.06. The number of amides is 2. The average Bonchev–Trinajstić information content (AvgIpc) is 2.97. The summed E-state index contributed by atoms with van der Waals surface area (Å²) in [7, 11) is 0. The smallest absolute Gasteiger partial charge is 0.237 e. The van der Waals surface area contributed by atoms with Crippen LogP contribution in [-0.4, -0.2) is 53.4 Å². The molecule has 19 heavy (non-hydrogen) atoms. The minimum absolute atomic E-state index is 0.0619. The van der Waals surface area contributed by atoms with E-state index in [1.807, 2.05) is 11.2 Å². The van der Waals surface area contributed by atoms with E-state index in [2.05, 4.69) is 12.2 Å². The normalized spacial score (nSPS) is 31.4. The number of nitrogens with one attached hydrogen (secondary N) is 1. The number of likely N-dealkylation sites (tertiary alicyclic amines) is 1. The van der Waals surface area contributed by atoms with Crippen molar-refractivity contribution in [1.29, 1.82) is 0 Å². The third-order valence-corrected chi connectivity index (χ3v) is 4.59. The fraction of sp³-hybridized carbons (Fsp3) is 0.846. The predicted octanol–water partition coefficient (Wildman–Crippen LogP) is 0.192. The van der Waals surface area contributed by atoms with Crippen molar-refractivity contribution in [1.82, 2.24) is 10.2 Å². The lowest BCUT2D eigenvalue weighted by atomic mass is 10.2. The van der Waals surface area contributed by atoms with Crippen molar-refractivity contribution in [3.05, 3.63) is 0 Å². The summed E-state index contributed by atoms with van der Waals surface area (Å²) >= 11 is 1.68. The molecule has 0 bridgehead atoms. The first-order valence-corrected chi connectivity index (χ1v) is 8.26. The summed E-state index contributed by atoms with van der Waals surface area (Å²) in [6.07, 6.45) is 4.19. The summed E-state index contributed by atoms with van der Waals surface area (Å²) in [4.78, 5) is 25.7. The zero-order valence-corrected chi connectivity index (χ0v) is 12.4. The molecule has 0 spiro atoms. The standard InChI is InChI=1S/C13H23N3O2S/c1-8-5-11(8)16-7-9(6-12(16)17)15-13(18)10(14)3-4-19-2/h8-11H,3-7,14H2,1-2H3,(H,15,18). The predicted molar refractivity (Wildman–Crippen MR) is 76.8 cm³/mol. The van der Waals surface area contributed by atoms with Gasteiger partial charge in [0, 0.05) is 19.0 Å². The van der Waals surface area contributed by atoms with E-state index in [-0.39, 0.29) is 17.9 Å². The topological polar surface area (TPSA) is 75.4 Å². The molecule has 4 atom stereocenters. The SMILES string of the molecule is CSCCC(N)C(=O)NC1CC(=O)N(C2CC2C)C1. The van der Waals surface area contributed by atoms with E-state index in [0.29, 0.717) is 31.3 Å². The highest BCUT2D eigenvalue weighted by Crippen LogP contribution is 2.37. The number of rotatable bonds is 6. The van der Waals surface area contributed by atoms with Crippen molar-refractivity contribution < 1.29 is 9.59 Å². The number of nitrogens with zero attached hydrogens (tertiary/aromatic N) is 1. The molecular weight excluding hydrogens is 262 g/mol. The molecule has 2 aliphatic rings. The molecule has 2 amide bonds. The summed E-state index contributed by atoms with van der Waals surface area (Å²) in [6, 6.07) is -0.121. The van der Waals surface area contributed by atoms with Gasteiger partial charge in [0.1, 0.15) is 0 Å². The number of carbonyl (C=O) groups is 2. The van der Waals surface area contributed by atoms with Crippen LogP contribution in [0.15, 0.2) is 0 Å². The number of thioether (sulfide) groups is 1. The van der Waals surface area contributed by atoms with Crippen LogP contribution in [0.2, 0.25) is 0 Å². The lowest BCUT2D eigenvalue weighted by Gasteiger charge is -2.18. The maximum Gasteiger partial charge on any atom is 0.237 e. The number of hydrogen-bond donors (Lipinski definition) is 2. The summed E-state index contributed by atoms with van der Waals surface area (Å²) < 4.78 is 0. The Morgan fingerprint density at radius 3 is 2.89 bits per heavy atom. The number of carbonyl (C=O) groups excluding carboxylic acids is 2. The van der Waals surface area contributed by atoms with E-state index < -0.39 is 6.04 Å². The lowest BCUT2D eigenvalue weighted by molar-refractivity contribution is -0.128. The maximum absolute atomic E-state index is 11.9. The molecule has 108 valence electrons. The van der Waals surface area contributed by atoms with Crippen LogP contribution in [0.1, 0.15) is 26.2 Å². The van der Waals surface area contributed by atoms with E-state index in [4.69, 9.17) is 5.73 Å². The van der Waals surface area contributed by atoms with Gasteiger partial charge >= 0.3 is 0 Å². The lowest BCUT2D eigenvalue weighted by Crippen LogP contribution is -2.46. The molecule has 0 aromatic rings. The first kappa shape index (κ1) is 14.7. The summed E-state index contributed by atoms with van der Waals surface area (Å²) in [6.45, 7) is 2.80. The average molecular weight is 285 g/mol. The summed E-state index contributed by atoms with van der Waals surface area (Å²) in [5, 5.41) is 2.91. The van der Waals surface area contributed by atoms with Gasteiger partial charge in [0.05, 0.1) is 12.1 Å². The largest absolute Gasteiger partial charge is 0.350 e. The van der Waals surface area contributed by atoms with Crippen LogP contribution in [0.3, 0.4) is 0 Å². The van der Waals surface area contributed by atoms with Crippen molar-refractivity contribution in [3.8, 4) is 0 Å². The first-order chi connectivity index (χ1) is 9.02. The van der Waals surface area contributed by atoms with Gasteiger partial charge in [-0.05, 0) is 30.8 Å². The van der Waals surface area contributed by atoms with E-state index in [9.17, 15) is 9.59 Å². The minimum atomic E-state index is -0.462. The van der Waals surface area contributed by atoms with E-state index in [0.717, 1.165) is 12.2 Å². The van der Waals surface area contributed by atoms with Gasteiger partial charge < -0.3 is 16.0 Å². The van der Waals surface area contributed by atoms with Gasteiger partial charge in [0.15, 0.2) is 0 Å². The molecule has 1 aliphatic carbocycles. The second-order valence-electron chi connectivity index (χ2n) is 5.62. The first-order valence-electron chi connectivity index (χ1n) is 6.87. The molecular formula is C13H23N3O2S. The quantitative estimate of drug-likeness (QED) is 0.730. The summed E-state index contributed by atoms with van der Waals surface area (Å²) in [5.41, 5.74) is 5.82. The Hall–Kier alpha value is -0.750. The van der Waals surface area contributed by atoms with Crippen LogP contribution in [0.5, 0.6) is 0 Å². The molecule has 1 saturated heterocycles. The fourth-order valence-electron chi connectivity index (χ4n) is 2.57. The third kappa shape index (κ3) is 3.63. The van der Waals surface area contributed by atoms with Crippen molar-refractivity contribution in [2.45, 2.75) is 44.3 Å².